The fourth-order valence-electron chi connectivity index (χ4n) is 3.57. The lowest BCUT2D eigenvalue weighted by Gasteiger charge is -2.36. The molecule has 0 amide bonds. The molecular formula is C19H26ClFN4O3S. The molecule has 2 unspecified atom stereocenters. The lowest BCUT2D eigenvalue weighted by atomic mass is 9.98. The third-order valence-electron chi connectivity index (χ3n) is 4.82. The van der Waals surface area contributed by atoms with E-state index in [0.29, 0.717) is 37.6 Å². The quantitative estimate of drug-likeness (QED) is 0.556. The summed E-state index contributed by atoms with van der Waals surface area (Å²) in [5.74, 6) is 0.406. The zero-order chi connectivity index (χ0) is 21.4. The molecule has 1 fully saturated rings. The van der Waals surface area contributed by atoms with E-state index < -0.39 is 20.8 Å². The van der Waals surface area contributed by atoms with E-state index in [1.165, 1.54) is 24.2 Å². The third-order valence-corrected chi connectivity index (χ3v) is 7.25. The van der Waals surface area contributed by atoms with Crippen LogP contribution in [-0.4, -0.2) is 71.7 Å². The van der Waals surface area contributed by atoms with Gasteiger partial charge in [-0.15, -0.1) is 0 Å². The van der Waals surface area contributed by atoms with Crippen molar-refractivity contribution in [1.82, 2.24) is 9.29 Å². The molecule has 1 aromatic heterocycles. The summed E-state index contributed by atoms with van der Waals surface area (Å²) in [7, 11) is -3.53. The van der Waals surface area contributed by atoms with Crippen molar-refractivity contribution in [3.8, 4) is 0 Å². The Labute approximate surface area is 175 Å². The molecule has 10 heteroatoms. The summed E-state index contributed by atoms with van der Waals surface area (Å²) >= 11 is 5.68. The van der Waals surface area contributed by atoms with Crippen molar-refractivity contribution in [2.45, 2.75) is 37.5 Å². The number of rotatable bonds is 5. The molecule has 1 N–H and O–H groups in total. The van der Waals surface area contributed by atoms with Gasteiger partial charge in [-0.1, -0.05) is 11.6 Å². The standard InChI is InChI=1S/C19H26ClFN4O3S/c1-14-11-19(20,21)12-23-17(14)15-4-5-22-16(10-15)24-6-8-25(9-7-24)29(27,28)13-18(2,3)26/h4-5,10-12,17,26H,6-9,13H2,1-3H3. The molecule has 3 rings (SSSR count). The Bertz CT molecular complexity index is 920. The van der Waals surface area contributed by atoms with Crippen LogP contribution in [0.15, 0.2) is 35.0 Å². The minimum absolute atomic E-state index is 0.310. The van der Waals surface area contributed by atoms with E-state index in [0.717, 1.165) is 11.8 Å². The van der Waals surface area contributed by atoms with Crippen molar-refractivity contribution < 1.29 is 17.9 Å². The van der Waals surface area contributed by atoms with Crippen molar-refractivity contribution in [2.75, 3.05) is 36.8 Å². The molecule has 29 heavy (non-hydrogen) atoms. The van der Waals surface area contributed by atoms with Gasteiger partial charge in [-0.2, -0.15) is 4.31 Å². The molecule has 3 heterocycles. The SMILES string of the molecule is CC1=CC(F)(Cl)C=NC1c1ccnc(N2CCN(S(=O)(=O)CC(C)(C)O)CC2)c1. The summed E-state index contributed by atoms with van der Waals surface area (Å²) in [6, 6.07) is 3.39. The highest BCUT2D eigenvalue weighted by Gasteiger charge is 2.32. The van der Waals surface area contributed by atoms with Crippen LogP contribution in [0.2, 0.25) is 0 Å². The van der Waals surface area contributed by atoms with Gasteiger partial charge in [0.2, 0.25) is 15.2 Å². The highest BCUT2D eigenvalue weighted by Crippen LogP contribution is 2.34. The second-order valence-corrected chi connectivity index (χ2v) is 10.7. The normalized spacial score (nSPS) is 26.5. The van der Waals surface area contributed by atoms with Gasteiger partial charge in [0.05, 0.1) is 23.6 Å². The molecule has 0 spiro atoms. The summed E-state index contributed by atoms with van der Waals surface area (Å²) < 4.78 is 40.2. The first-order valence-electron chi connectivity index (χ1n) is 9.39. The summed E-state index contributed by atoms with van der Waals surface area (Å²) in [6.45, 7) is 6.36. The second-order valence-electron chi connectivity index (χ2n) is 8.15. The third kappa shape index (κ3) is 5.53. The summed E-state index contributed by atoms with van der Waals surface area (Å²) in [5, 5.41) is 7.79. The van der Waals surface area contributed by atoms with E-state index >= 15 is 0 Å². The number of aliphatic hydroxyl groups is 1. The predicted octanol–water partition coefficient (Wildman–Crippen LogP) is 2.28. The van der Waals surface area contributed by atoms with E-state index in [4.69, 9.17) is 11.6 Å². The van der Waals surface area contributed by atoms with Crippen LogP contribution >= 0.6 is 11.6 Å². The first kappa shape index (κ1) is 22.1. The van der Waals surface area contributed by atoms with Gasteiger partial charge in [0.15, 0.2) is 0 Å². The first-order chi connectivity index (χ1) is 13.4. The van der Waals surface area contributed by atoms with Crippen molar-refractivity contribution in [1.29, 1.82) is 0 Å². The number of hydrogen-bond donors (Lipinski definition) is 1. The molecule has 1 aromatic rings. The second kappa shape index (κ2) is 7.94. The van der Waals surface area contributed by atoms with Crippen molar-refractivity contribution in [2.24, 2.45) is 4.99 Å². The van der Waals surface area contributed by atoms with Gasteiger partial charge in [-0.3, -0.25) is 4.99 Å². The van der Waals surface area contributed by atoms with E-state index in [1.807, 2.05) is 17.0 Å². The minimum atomic E-state index is -3.53. The Morgan fingerprint density at radius 1 is 1.34 bits per heavy atom. The zero-order valence-electron chi connectivity index (χ0n) is 16.7. The molecule has 0 bridgehead atoms. The number of hydrogen-bond acceptors (Lipinski definition) is 6. The molecule has 0 aliphatic carbocycles. The largest absolute Gasteiger partial charge is 0.389 e. The first-order valence-corrected chi connectivity index (χ1v) is 11.4. The topological polar surface area (TPSA) is 86.1 Å². The number of aliphatic imine (C=N–C) groups is 1. The lowest BCUT2D eigenvalue weighted by molar-refractivity contribution is 0.103. The smallest absolute Gasteiger partial charge is 0.237 e. The molecule has 7 nitrogen and oxygen atoms in total. The van der Waals surface area contributed by atoms with Crippen LogP contribution in [0.25, 0.3) is 0 Å². The van der Waals surface area contributed by atoms with Crippen molar-refractivity contribution in [3.05, 3.63) is 35.5 Å². The van der Waals surface area contributed by atoms with Gasteiger partial charge in [0, 0.05) is 32.4 Å². The summed E-state index contributed by atoms with van der Waals surface area (Å²) in [4.78, 5) is 10.7. The summed E-state index contributed by atoms with van der Waals surface area (Å²) in [6.07, 6.45) is 4.11. The van der Waals surface area contributed by atoms with Crippen molar-refractivity contribution >= 4 is 33.7 Å². The van der Waals surface area contributed by atoms with Crippen molar-refractivity contribution in [3.63, 3.8) is 0 Å². The maximum Gasteiger partial charge on any atom is 0.237 e. The number of alkyl halides is 2. The number of allylic oxidation sites excluding steroid dienone is 1. The van der Waals surface area contributed by atoms with Crippen LogP contribution in [-0.2, 0) is 10.0 Å². The molecule has 0 aromatic carbocycles. The molecular weight excluding hydrogens is 419 g/mol. The molecule has 160 valence electrons. The average Bonchev–Trinajstić information content (AvgIpc) is 2.59. The van der Waals surface area contributed by atoms with E-state index in [-0.39, 0.29) is 11.8 Å². The molecule has 2 aliphatic rings. The maximum atomic E-state index is 13.9. The Morgan fingerprint density at radius 2 is 2.00 bits per heavy atom. The Hall–Kier alpha value is -1.55. The number of nitrogens with zero attached hydrogens (tertiary/aromatic N) is 4. The Kier molecular flexibility index (Phi) is 6.06. The Balaban J connectivity index is 1.70. The fourth-order valence-corrected chi connectivity index (χ4v) is 5.59. The van der Waals surface area contributed by atoms with Gasteiger partial charge in [0.1, 0.15) is 5.82 Å². The Morgan fingerprint density at radius 3 is 2.59 bits per heavy atom. The van der Waals surface area contributed by atoms with Gasteiger partial charge < -0.3 is 10.0 Å². The monoisotopic (exact) mass is 444 g/mol. The summed E-state index contributed by atoms with van der Waals surface area (Å²) in [5.41, 5.74) is 0.298. The molecule has 0 radical (unpaired) electrons. The number of anilines is 1. The zero-order valence-corrected chi connectivity index (χ0v) is 18.3. The number of pyridine rings is 1. The number of piperazine rings is 1. The number of halogens is 2. The number of dihydropyridines is 1. The van der Waals surface area contributed by atoms with Crippen LogP contribution in [0.5, 0.6) is 0 Å². The van der Waals surface area contributed by atoms with Crippen LogP contribution in [0.4, 0.5) is 10.2 Å². The highest BCUT2D eigenvalue weighted by atomic mass is 35.5. The molecule has 1 saturated heterocycles. The van der Waals surface area contributed by atoms with Crippen LogP contribution < -0.4 is 4.90 Å². The van der Waals surface area contributed by atoms with E-state index in [2.05, 4.69) is 9.98 Å². The van der Waals surface area contributed by atoms with Crippen LogP contribution in [0.1, 0.15) is 32.4 Å². The van der Waals surface area contributed by atoms with Gasteiger partial charge >= 0.3 is 0 Å². The molecule has 2 aliphatic heterocycles. The highest BCUT2D eigenvalue weighted by molar-refractivity contribution is 7.89. The number of aromatic nitrogens is 1. The maximum absolute atomic E-state index is 13.9. The van der Waals surface area contributed by atoms with Crippen LogP contribution in [0, 0.1) is 0 Å². The minimum Gasteiger partial charge on any atom is -0.389 e. The van der Waals surface area contributed by atoms with E-state index in [9.17, 15) is 17.9 Å². The van der Waals surface area contributed by atoms with Crippen LogP contribution in [0.3, 0.4) is 0 Å². The van der Waals surface area contributed by atoms with Gasteiger partial charge in [0.25, 0.3) is 0 Å². The average molecular weight is 445 g/mol. The van der Waals surface area contributed by atoms with Gasteiger partial charge in [-0.05, 0) is 50.1 Å². The molecule has 0 saturated carbocycles. The van der Waals surface area contributed by atoms with Gasteiger partial charge in [-0.25, -0.2) is 17.8 Å². The fraction of sp³-hybridized carbons (Fsp3) is 0.579. The lowest BCUT2D eigenvalue weighted by Crippen LogP contribution is -2.51. The predicted molar refractivity (Wildman–Crippen MR) is 113 cm³/mol. The number of sulfonamides is 1. The molecule has 2 atom stereocenters. The van der Waals surface area contributed by atoms with E-state index in [1.54, 1.807) is 13.1 Å².